The van der Waals surface area contributed by atoms with Crippen LogP contribution in [0.5, 0.6) is 5.75 Å². The van der Waals surface area contributed by atoms with Crippen LogP contribution in [0.1, 0.15) is 30.1 Å². The van der Waals surface area contributed by atoms with Crippen LogP contribution in [0, 0.1) is 0 Å². The molecule has 1 aliphatic heterocycles. The average Bonchev–Trinajstić information content (AvgIpc) is 2.27. The maximum Gasteiger partial charge on any atom is 0.174 e. The average molecular weight is 203 g/mol. The molecule has 1 aromatic rings. The smallest absolute Gasteiger partial charge is 0.174 e. The Bertz CT molecular complexity index is 435. The molecule has 2 rings (SSSR count). The number of rotatable bonds is 2. The Morgan fingerprint density at radius 3 is 2.93 bits per heavy atom. The van der Waals surface area contributed by atoms with Crippen molar-refractivity contribution in [2.75, 3.05) is 7.11 Å². The predicted octanol–water partition coefficient (Wildman–Crippen LogP) is 2.76. The van der Waals surface area contributed by atoms with Crippen LogP contribution in [-0.2, 0) is 0 Å². The highest BCUT2D eigenvalue weighted by Gasteiger charge is 2.22. The molecule has 1 aliphatic rings. The highest BCUT2D eigenvalue weighted by molar-refractivity contribution is 6.17. The number of nitrogens with zero attached hydrogens (tertiary/aromatic N) is 1. The molecule has 0 radical (unpaired) electrons. The zero-order valence-electron chi connectivity index (χ0n) is 8.91. The van der Waals surface area contributed by atoms with Crippen LogP contribution in [-0.4, -0.2) is 18.6 Å². The van der Waals surface area contributed by atoms with E-state index in [4.69, 9.17) is 4.74 Å². The van der Waals surface area contributed by atoms with Gasteiger partial charge in [0.05, 0.1) is 18.4 Å². The Hall–Kier alpha value is -1.64. The van der Waals surface area contributed by atoms with Crippen molar-refractivity contribution in [2.45, 2.75) is 19.8 Å². The SMILES string of the molecule is CCC1=Nc2cccc(OC)c2C(=O)C1. The number of fused-ring (bicyclic) bond motifs is 1. The van der Waals surface area contributed by atoms with Gasteiger partial charge < -0.3 is 4.74 Å². The molecule has 15 heavy (non-hydrogen) atoms. The molecule has 0 N–H and O–H groups in total. The number of ether oxygens (including phenoxy) is 1. The van der Waals surface area contributed by atoms with Crippen LogP contribution < -0.4 is 4.74 Å². The number of benzene rings is 1. The van der Waals surface area contributed by atoms with Crippen LogP contribution in [0.4, 0.5) is 5.69 Å². The van der Waals surface area contributed by atoms with Gasteiger partial charge in [0.15, 0.2) is 5.78 Å². The number of aliphatic imine (C=N–C) groups is 1. The van der Waals surface area contributed by atoms with Crippen LogP contribution in [0.25, 0.3) is 0 Å². The Labute approximate surface area is 88.8 Å². The van der Waals surface area contributed by atoms with Crippen LogP contribution in [0.2, 0.25) is 0 Å². The Morgan fingerprint density at radius 2 is 2.27 bits per heavy atom. The molecule has 0 fully saturated rings. The minimum atomic E-state index is 0.106. The molecule has 0 aliphatic carbocycles. The predicted molar refractivity (Wildman–Crippen MR) is 59.3 cm³/mol. The van der Waals surface area contributed by atoms with E-state index in [-0.39, 0.29) is 5.78 Å². The van der Waals surface area contributed by atoms with Crippen LogP contribution >= 0.6 is 0 Å². The molecular formula is C12H13NO2. The molecule has 0 aromatic heterocycles. The van der Waals surface area contributed by atoms with Gasteiger partial charge in [-0.2, -0.15) is 0 Å². The molecule has 0 saturated heterocycles. The summed E-state index contributed by atoms with van der Waals surface area (Å²) < 4.78 is 5.16. The van der Waals surface area contributed by atoms with E-state index in [0.717, 1.165) is 17.8 Å². The molecule has 3 nitrogen and oxygen atoms in total. The minimum Gasteiger partial charge on any atom is -0.496 e. The van der Waals surface area contributed by atoms with E-state index < -0.39 is 0 Å². The Balaban J connectivity index is 2.58. The molecule has 0 atom stereocenters. The van der Waals surface area contributed by atoms with Gasteiger partial charge in [0.25, 0.3) is 0 Å². The number of ketones is 1. The molecule has 1 heterocycles. The van der Waals surface area contributed by atoms with Crippen molar-refractivity contribution >= 4 is 17.2 Å². The van der Waals surface area contributed by atoms with Crippen molar-refractivity contribution in [3.63, 3.8) is 0 Å². The second kappa shape index (κ2) is 3.85. The van der Waals surface area contributed by atoms with Crippen molar-refractivity contribution < 1.29 is 9.53 Å². The zero-order chi connectivity index (χ0) is 10.8. The van der Waals surface area contributed by atoms with Gasteiger partial charge in [0.1, 0.15) is 5.75 Å². The molecule has 0 amide bonds. The van der Waals surface area contributed by atoms with Gasteiger partial charge in [0, 0.05) is 12.1 Å². The fraction of sp³-hybridized carbons (Fsp3) is 0.333. The molecule has 3 heteroatoms. The molecule has 0 spiro atoms. The summed E-state index contributed by atoms with van der Waals surface area (Å²) in [6, 6.07) is 5.50. The lowest BCUT2D eigenvalue weighted by Crippen LogP contribution is -2.13. The fourth-order valence-electron chi connectivity index (χ4n) is 1.75. The lowest BCUT2D eigenvalue weighted by Gasteiger charge is -2.15. The third kappa shape index (κ3) is 1.65. The lowest BCUT2D eigenvalue weighted by molar-refractivity contribution is 0.0996. The maximum absolute atomic E-state index is 11.9. The van der Waals surface area contributed by atoms with Crippen molar-refractivity contribution in [3.05, 3.63) is 23.8 Å². The molecular weight excluding hydrogens is 190 g/mol. The van der Waals surface area contributed by atoms with Gasteiger partial charge in [-0.05, 0) is 18.6 Å². The highest BCUT2D eigenvalue weighted by atomic mass is 16.5. The van der Waals surface area contributed by atoms with Gasteiger partial charge in [-0.25, -0.2) is 0 Å². The number of hydrogen-bond acceptors (Lipinski definition) is 3. The first-order valence-electron chi connectivity index (χ1n) is 5.03. The van der Waals surface area contributed by atoms with Crippen molar-refractivity contribution in [1.82, 2.24) is 0 Å². The number of Topliss-reactive ketones (excluding diaryl/α,β-unsaturated/α-hetero) is 1. The van der Waals surface area contributed by atoms with Crippen LogP contribution in [0.3, 0.4) is 0 Å². The third-order valence-corrected chi connectivity index (χ3v) is 2.55. The Morgan fingerprint density at radius 1 is 1.47 bits per heavy atom. The van der Waals surface area contributed by atoms with Gasteiger partial charge in [-0.1, -0.05) is 13.0 Å². The van der Waals surface area contributed by atoms with Gasteiger partial charge in [0.2, 0.25) is 0 Å². The van der Waals surface area contributed by atoms with E-state index >= 15 is 0 Å². The van der Waals surface area contributed by atoms with Gasteiger partial charge >= 0.3 is 0 Å². The van der Waals surface area contributed by atoms with Gasteiger partial charge in [-0.15, -0.1) is 0 Å². The van der Waals surface area contributed by atoms with E-state index in [2.05, 4.69) is 4.99 Å². The summed E-state index contributed by atoms with van der Waals surface area (Å²) in [7, 11) is 1.57. The van der Waals surface area contributed by atoms with Crippen LogP contribution in [0.15, 0.2) is 23.2 Å². The summed E-state index contributed by atoms with van der Waals surface area (Å²) in [6.45, 7) is 2.01. The van der Waals surface area contributed by atoms with E-state index in [1.807, 2.05) is 19.1 Å². The summed E-state index contributed by atoms with van der Waals surface area (Å²) in [6.07, 6.45) is 1.24. The summed E-state index contributed by atoms with van der Waals surface area (Å²) >= 11 is 0. The van der Waals surface area contributed by atoms with E-state index in [1.165, 1.54) is 0 Å². The molecule has 1 aromatic carbocycles. The summed E-state index contributed by atoms with van der Waals surface area (Å²) in [5, 5.41) is 0. The van der Waals surface area contributed by atoms with E-state index in [1.54, 1.807) is 13.2 Å². The largest absolute Gasteiger partial charge is 0.496 e. The monoisotopic (exact) mass is 203 g/mol. The van der Waals surface area contributed by atoms with Crippen molar-refractivity contribution in [2.24, 2.45) is 4.99 Å². The van der Waals surface area contributed by atoms with Crippen molar-refractivity contribution in [3.8, 4) is 5.75 Å². The maximum atomic E-state index is 11.9. The molecule has 78 valence electrons. The van der Waals surface area contributed by atoms with Crippen molar-refractivity contribution in [1.29, 1.82) is 0 Å². The number of methoxy groups -OCH3 is 1. The standard InChI is InChI=1S/C12H13NO2/c1-3-8-7-10(14)12-9(13-8)5-4-6-11(12)15-2/h4-6H,3,7H2,1-2H3. The molecule has 0 saturated carbocycles. The van der Waals surface area contributed by atoms with E-state index in [9.17, 15) is 4.79 Å². The molecule has 0 unspecified atom stereocenters. The number of hydrogen-bond donors (Lipinski definition) is 0. The summed E-state index contributed by atoms with van der Waals surface area (Å²) in [4.78, 5) is 16.3. The Kier molecular flexibility index (Phi) is 2.54. The topological polar surface area (TPSA) is 38.7 Å². The summed E-state index contributed by atoms with van der Waals surface area (Å²) in [5.74, 6) is 0.728. The number of carbonyl (C=O) groups is 1. The van der Waals surface area contributed by atoms with Gasteiger partial charge in [-0.3, -0.25) is 9.79 Å². The first-order chi connectivity index (χ1) is 7.26. The minimum absolute atomic E-state index is 0.106. The zero-order valence-corrected chi connectivity index (χ0v) is 8.91. The number of carbonyl (C=O) groups excluding carboxylic acids is 1. The van der Waals surface area contributed by atoms with E-state index in [0.29, 0.717) is 17.7 Å². The second-order valence-electron chi connectivity index (χ2n) is 3.49. The first-order valence-corrected chi connectivity index (χ1v) is 5.03. The summed E-state index contributed by atoms with van der Waals surface area (Å²) in [5.41, 5.74) is 2.31. The highest BCUT2D eigenvalue weighted by Crippen LogP contribution is 2.33. The third-order valence-electron chi connectivity index (χ3n) is 2.55. The fourth-order valence-corrected chi connectivity index (χ4v) is 1.75. The first kappa shape index (κ1) is 9.90. The lowest BCUT2D eigenvalue weighted by atomic mass is 9.98. The second-order valence-corrected chi connectivity index (χ2v) is 3.49. The quantitative estimate of drug-likeness (QED) is 0.741. The molecule has 0 bridgehead atoms. The normalized spacial score (nSPS) is 14.5.